The number of nitrogens with one attached hydrogen (secondary N) is 3. The molecule has 9 heteroatoms. The van der Waals surface area contributed by atoms with E-state index in [1.165, 1.54) is 16.9 Å². The van der Waals surface area contributed by atoms with Gasteiger partial charge in [-0.05, 0) is 54.3 Å². The monoisotopic (exact) mass is 453 g/mol. The van der Waals surface area contributed by atoms with E-state index in [0.717, 1.165) is 17.7 Å². The first-order chi connectivity index (χ1) is 15.4. The van der Waals surface area contributed by atoms with Crippen molar-refractivity contribution in [3.8, 4) is 16.3 Å². The fraction of sp³-hybridized carbons (Fsp3) is 0.304. The van der Waals surface area contributed by atoms with E-state index in [-0.39, 0.29) is 11.8 Å². The van der Waals surface area contributed by atoms with E-state index < -0.39 is 12.1 Å². The Balaban J connectivity index is 1.62. The zero-order valence-electron chi connectivity index (χ0n) is 18.5. The fourth-order valence-corrected chi connectivity index (χ4v) is 3.73. The van der Waals surface area contributed by atoms with Gasteiger partial charge in [-0.3, -0.25) is 10.1 Å². The number of benzene rings is 2. The molecule has 3 amide bonds. The van der Waals surface area contributed by atoms with Crippen LogP contribution in [-0.2, 0) is 11.2 Å². The molecule has 0 aliphatic rings. The largest absolute Gasteiger partial charge is 0.497 e. The number of aromatic nitrogens is 2. The van der Waals surface area contributed by atoms with Gasteiger partial charge in [0.05, 0.1) is 7.11 Å². The van der Waals surface area contributed by atoms with Crippen molar-refractivity contribution < 1.29 is 14.3 Å². The SMILES string of the molecule is CCc1ccc(NC(=O)NC(C(=O)Nc2nnc(-c3ccc(OC)cc3)s2)C(C)C)cc1. The number of methoxy groups -OCH3 is 1. The maximum atomic E-state index is 12.8. The van der Waals surface area contributed by atoms with Crippen LogP contribution >= 0.6 is 11.3 Å². The molecule has 168 valence electrons. The molecule has 0 aliphatic heterocycles. The average Bonchev–Trinajstić information content (AvgIpc) is 3.26. The molecule has 32 heavy (non-hydrogen) atoms. The lowest BCUT2D eigenvalue weighted by atomic mass is 10.0. The zero-order valence-corrected chi connectivity index (χ0v) is 19.3. The minimum Gasteiger partial charge on any atom is -0.497 e. The van der Waals surface area contributed by atoms with Gasteiger partial charge in [-0.2, -0.15) is 0 Å². The summed E-state index contributed by atoms with van der Waals surface area (Å²) in [5, 5.41) is 17.5. The summed E-state index contributed by atoms with van der Waals surface area (Å²) in [6, 6.07) is 13.8. The van der Waals surface area contributed by atoms with E-state index in [2.05, 4.69) is 33.1 Å². The third kappa shape index (κ3) is 6.04. The number of ether oxygens (including phenoxy) is 1. The third-order valence-corrected chi connectivity index (χ3v) is 5.74. The summed E-state index contributed by atoms with van der Waals surface area (Å²) in [5.74, 6) is 0.267. The number of rotatable bonds is 8. The molecule has 1 atom stereocenters. The van der Waals surface area contributed by atoms with Crippen molar-refractivity contribution in [3.05, 3.63) is 54.1 Å². The lowest BCUT2D eigenvalue weighted by Crippen LogP contribution is -2.48. The van der Waals surface area contributed by atoms with E-state index >= 15 is 0 Å². The van der Waals surface area contributed by atoms with Crippen LogP contribution in [0.25, 0.3) is 10.6 Å². The molecule has 1 aromatic heterocycles. The lowest BCUT2D eigenvalue weighted by Gasteiger charge is -2.21. The molecular formula is C23H27N5O3S. The van der Waals surface area contributed by atoms with Crippen molar-refractivity contribution in [2.24, 2.45) is 5.92 Å². The predicted molar refractivity (Wildman–Crippen MR) is 127 cm³/mol. The highest BCUT2D eigenvalue weighted by atomic mass is 32.1. The van der Waals surface area contributed by atoms with Crippen molar-refractivity contribution in [2.75, 3.05) is 17.7 Å². The molecule has 0 saturated heterocycles. The second-order valence-corrected chi connectivity index (χ2v) is 8.48. The average molecular weight is 454 g/mol. The van der Waals surface area contributed by atoms with E-state index in [1.807, 2.05) is 62.4 Å². The highest BCUT2D eigenvalue weighted by Gasteiger charge is 2.25. The second-order valence-electron chi connectivity index (χ2n) is 7.50. The number of carbonyl (C=O) groups is 2. The van der Waals surface area contributed by atoms with Crippen molar-refractivity contribution in [2.45, 2.75) is 33.2 Å². The van der Waals surface area contributed by atoms with Gasteiger partial charge in [-0.15, -0.1) is 10.2 Å². The number of hydrogen-bond acceptors (Lipinski definition) is 6. The number of anilines is 2. The van der Waals surface area contributed by atoms with Crippen LogP contribution in [0.3, 0.4) is 0 Å². The van der Waals surface area contributed by atoms with Crippen LogP contribution in [0.1, 0.15) is 26.3 Å². The Morgan fingerprint density at radius 3 is 2.28 bits per heavy atom. The van der Waals surface area contributed by atoms with Gasteiger partial charge >= 0.3 is 6.03 Å². The number of hydrogen-bond donors (Lipinski definition) is 3. The second kappa shape index (κ2) is 10.7. The first-order valence-electron chi connectivity index (χ1n) is 10.3. The Kier molecular flexibility index (Phi) is 7.77. The van der Waals surface area contributed by atoms with Crippen LogP contribution in [0.5, 0.6) is 5.75 Å². The fourth-order valence-electron chi connectivity index (χ4n) is 2.97. The van der Waals surface area contributed by atoms with E-state index in [1.54, 1.807) is 7.11 Å². The highest BCUT2D eigenvalue weighted by molar-refractivity contribution is 7.18. The summed E-state index contributed by atoms with van der Waals surface area (Å²) in [5.41, 5.74) is 2.72. The molecule has 0 spiro atoms. The van der Waals surface area contributed by atoms with Crippen molar-refractivity contribution in [3.63, 3.8) is 0 Å². The molecule has 1 heterocycles. The minimum atomic E-state index is -0.738. The molecule has 3 aromatic rings. The molecule has 0 saturated carbocycles. The van der Waals surface area contributed by atoms with Crippen LogP contribution < -0.4 is 20.7 Å². The van der Waals surface area contributed by atoms with Crippen molar-refractivity contribution >= 4 is 34.1 Å². The van der Waals surface area contributed by atoms with Crippen LogP contribution in [0.15, 0.2) is 48.5 Å². The highest BCUT2D eigenvalue weighted by Crippen LogP contribution is 2.28. The van der Waals surface area contributed by atoms with Crippen molar-refractivity contribution in [1.82, 2.24) is 15.5 Å². The summed E-state index contributed by atoms with van der Waals surface area (Å²) >= 11 is 1.26. The minimum absolute atomic E-state index is 0.128. The quantitative estimate of drug-likeness (QED) is 0.464. The molecule has 1 unspecified atom stereocenters. The van der Waals surface area contributed by atoms with Gasteiger partial charge in [-0.25, -0.2) is 4.79 Å². The maximum absolute atomic E-state index is 12.8. The predicted octanol–water partition coefficient (Wildman–Crippen LogP) is 4.56. The summed E-state index contributed by atoms with van der Waals surface area (Å²) < 4.78 is 5.16. The lowest BCUT2D eigenvalue weighted by molar-refractivity contribution is -0.118. The summed E-state index contributed by atoms with van der Waals surface area (Å²) in [4.78, 5) is 25.3. The zero-order chi connectivity index (χ0) is 23.1. The smallest absolute Gasteiger partial charge is 0.319 e. The van der Waals surface area contributed by atoms with Gasteiger partial charge in [0.2, 0.25) is 11.0 Å². The standard InChI is InChI=1S/C23H27N5O3S/c1-5-15-6-10-17(11-7-15)24-22(30)25-19(14(2)3)20(29)26-23-28-27-21(32-23)16-8-12-18(31-4)13-9-16/h6-14,19H,5H2,1-4H3,(H2,24,25,30)(H,26,28,29). The molecular weight excluding hydrogens is 426 g/mol. The maximum Gasteiger partial charge on any atom is 0.319 e. The van der Waals surface area contributed by atoms with Gasteiger partial charge in [0.1, 0.15) is 16.8 Å². The topological polar surface area (TPSA) is 105 Å². The number of nitrogens with zero attached hydrogens (tertiary/aromatic N) is 2. The third-order valence-electron chi connectivity index (χ3n) is 4.85. The first-order valence-corrected chi connectivity index (χ1v) is 11.2. The Bertz CT molecular complexity index is 1050. The first kappa shape index (κ1) is 23.2. The molecule has 3 N–H and O–H groups in total. The Morgan fingerprint density at radius 2 is 1.69 bits per heavy atom. The van der Waals surface area contributed by atoms with E-state index in [4.69, 9.17) is 4.74 Å². The van der Waals surface area contributed by atoms with Crippen LogP contribution in [0.4, 0.5) is 15.6 Å². The number of aryl methyl sites for hydroxylation is 1. The number of amides is 3. The summed E-state index contributed by atoms with van der Waals surface area (Å²) in [6.45, 7) is 5.80. The number of urea groups is 1. The van der Waals surface area contributed by atoms with Crippen molar-refractivity contribution in [1.29, 1.82) is 0 Å². The van der Waals surface area contributed by atoms with E-state index in [9.17, 15) is 9.59 Å². The molecule has 0 aliphatic carbocycles. The summed E-state index contributed by atoms with van der Waals surface area (Å²) in [6.07, 6.45) is 0.924. The Labute approximate surface area is 191 Å². The van der Waals surface area contributed by atoms with Gasteiger partial charge in [-0.1, -0.05) is 44.2 Å². The molecule has 0 radical (unpaired) electrons. The van der Waals surface area contributed by atoms with Gasteiger partial charge in [0, 0.05) is 11.3 Å². The normalized spacial score (nSPS) is 11.7. The van der Waals surface area contributed by atoms with Crippen LogP contribution in [0, 0.1) is 5.92 Å². The molecule has 0 bridgehead atoms. The Morgan fingerprint density at radius 1 is 1.00 bits per heavy atom. The Hall–Kier alpha value is -3.46. The molecule has 2 aromatic carbocycles. The summed E-state index contributed by atoms with van der Waals surface area (Å²) in [7, 11) is 1.61. The molecule has 0 fully saturated rings. The van der Waals surface area contributed by atoms with Gasteiger partial charge < -0.3 is 15.4 Å². The van der Waals surface area contributed by atoms with Gasteiger partial charge in [0.25, 0.3) is 0 Å². The van der Waals surface area contributed by atoms with Crippen LogP contribution in [-0.4, -0.2) is 35.3 Å². The number of carbonyl (C=O) groups excluding carboxylic acids is 2. The van der Waals surface area contributed by atoms with Crippen LogP contribution in [0.2, 0.25) is 0 Å². The molecule has 8 nitrogen and oxygen atoms in total. The van der Waals surface area contributed by atoms with Gasteiger partial charge in [0.15, 0.2) is 0 Å². The van der Waals surface area contributed by atoms with E-state index in [0.29, 0.717) is 15.8 Å². The molecule has 3 rings (SSSR count).